The van der Waals surface area contributed by atoms with Gasteiger partial charge in [-0.15, -0.1) is 0 Å². The maximum Gasteiger partial charge on any atom is 0.349 e. The number of aromatic nitrogens is 2. The number of aryl methyl sites for hydroxylation is 2. The van der Waals surface area contributed by atoms with Crippen LogP contribution in [0.4, 0.5) is 5.82 Å². The molecular weight excluding hydrogens is 158 g/mol. The smallest absolute Gasteiger partial charge is 0.302 e. The van der Waals surface area contributed by atoms with Crippen molar-refractivity contribution >= 4 is 5.82 Å². The van der Waals surface area contributed by atoms with Gasteiger partial charge in [0.05, 0.1) is 0 Å². The van der Waals surface area contributed by atoms with Gasteiger partial charge in [-0.25, -0.2) is 4.79 Å². The summed E-state index contributed by atoms with van der Waals surface area (Å²) < 4.78 is 1.37. The van der Waals surface area contributed by atoms with Crippen LogP contribution in [0.25, 0.3) is 0 Å². The fourth-order valence-corrected chi connectivity index (χ4v) is 0.952. The molecule has 0 amide bonds. The molecule has 0 aliphatic carbocycles. The van der Waals surface area contributed by atoms with Crippen molar-refractivity contribution in [2.75, 3.05) is 5.48 Å². The lowest BCUT2D eigenvalue weighted by molar-refractivity contribution is 0.384. The average Bonchev–Trinajstić information content (AvgIpc) is 2.09. The largest absolute Gasteiger partial charge is 0.349 e. The average molecular weight is 169 g/mol. The Bertz CT molecular complexity index is 332. The van der Waals surface area contributed by atoms with Gasteiger partial charge in [0.2, 0.25) is 0 Å². The van der Waals surface area contributed by atoms with E-state index in [0.29, 0.717) is 6.42 Å². The van der Waals surface area contributed by atoms with Crippen LogP contribution in [0.2, 0.25) is 0 Å². The topological polar surface area (TPSA) is 67.2 Å². The molecule has 66 valence electrons. The highest BCUT2D eigenvalue weighted by Crippen LogP contribution is 2.07. The lowest BCUT2D eigenvalue weighted by Gasteiger charge is -2.05. The molecule has 12 heavy (non-hydrogen) atoms. The molecule has 1 aromatic heterocycles. The quantitative estimate of drug-likeness (QED) is 0.618. The Balaban J connectivity index is 3.29. The molecule has 0 aliphatic rings. The highest BCUT2D eigenvalue weighted by molar-refractivity contribution is 5.39. The lowest BCUT2D eigenvalue weighted by atomic mass is 10.2. The summed E-state index contributed by atoms with van der Waals surface area (Å²) >= 11 is 0. The summed E-state index contributed by atoms with van der Waals surface area (Å²) in [7, 11) is 1.62. The summed E-state index contributed by atoms with van der Waals surface area (Å²) in [5.41, 5.74) is 2.31. The van der Waals surface area contributed by atoms with E-state index >= 15 is 0 Å². The van der Waals surface area contributed by atoms with E-state index in [1.807, 2.05) is 12.4 Å². The summed E-state index contributed by atoms with van der Waals surface area (Å²) in [5, 5.41) is 8.60. The number of nitrogens with one attached hydrogen (secondary N) is 1. The number of nitrogens with zero attached hydrogens (tertiary/aromatic N) is 2. The summed E-state index contributed by atoms with van der Waals surface area (Å²) in [4.78, 5) is 14.6. The molecule has 5 nitrogen and oxygen atoms in total. The van der Waals surface area contributed by atoms with Crippen LogP contribution in [0.3, 0.4) is 0 Å². The van der Waals surface area contributed by atoms with Crippen LogP contribution in [0.15, 0.2) is 11.0 Å². The van der Waals surface area contributed by atoms with Gasteiger partial charge in [-0.3, -0.25) is 10.7 Å². The van der Waals surface area contributed by atoms with Crippen molar-refractivity contribution in [3.63, 3.8) is 0 Å². The molecule has 0 bridgehead atoms. The van der Waals surface area contributed by atoms with Gasteiger partial charge in [-0.05, 0) is 6.42 Å². The van der Waals surface area contributed by atoms with Crippen LogP contribution in [0, 0.1) is 0 Å². The standard InChI is InChI=1S/C7H11N3O2/c1-3-5-4-10(2)7(11)8-6(5)9-12/h4,12H,3H2,1-2H3,(H,8,9,11). The SMILES string of the molecule is CCc1cn(C)c(=O)nc1NO. The summed E-state index contributed by atoms with van der Waals surface area (Å²) in [6.07, 6.45) is 2.36. The first-order valence-corrected chi connectivity index (χ1v) is 3.65. The second-order valence-electron chi connectivity index (χ2n) is 2.47. The fourth-order valence-electron chi connectivity index (χ4n) is 0.952. The second kappa shape index (κ2) is 3.36. The first-order chi connectivity index (χ1) is 5.69. The molecule has 1 heterocycles. The van der Waals surface area contributed by atoms with Crippen molar-refractivity contribution in [3.05, 3.63) is 22.2 Å². The Kier molecular flexibility index (Phi) is 2.44. The maximum atomic E-state index is 11.0. The van der Waals surface area contributed by atoms with E-state index in [2.05, 4.69) is 4.98 Å². The zero-order chi connectivity index (χ0) is 9.14. The van der Waals surface area contributed by atoms with Gasteiger partial charge in [0, 0.05) is 18.8 Å². The molecule has 1 aromatic rings. The number of hydrogen-bond acceptors (Lipinski definition) is 4. The van der Waals surface area contributed by atoms with Gasteiger partial charge in [-0.2, -0.15) is 4.98 Å². The third-order valence-electron chi connectivity index (χ3n) is 1.65. The minimum Gasteiger partial charge on any atom is -0.302 e. The van der Waals surface area contributed by atoms with Gasteiger partial charge in [0.15, 0.2) is 5.82 Å². The minimum atomic E-state index is -0.385. The van der Waals surface area contributed by atoms with E-state index in [9.17, 15) is 4.79 Å². The molecule has 0 atom stereocenters. The Hall–Kier alpha value is -1.36. The van der Waals surface area contributed by atoms with Crippen molar-refractivity contribution in [1.82, 2.24) is 9.55 Å². The van der Waals surface area contributed by atoms with Gasteiger partial charge in [0.1, 0.15) is 0 Å². The van der Waals surface area contributed by atoms with E-state index in [1.54, 1.807) is 13.2 Å². The number of anilines is 1. The zero-order valence-electron chi connectivity index (χ0n) is 7.03. The Labute approximate surface area is 69.6 Å². The van der Waals surface area contributed by atoms with E-state index in [4.69, 9.17) is 5.21 Å². The molecule has 0 aliphatic heterocycles. The molecule has 0 saturated heterocycles. The zero-order valence-corrected chi connectivity index (χ0v) is 7.03. The van der Waals surface area contributed by atoms with Gasteiger partial charge in [-0.1, -0.05) is 6.92 Å². The Morgan fingerprint density at radius 1 is 1.75 bits per heavy atom. The predicted molar refractivity (Wildman–Crippen MR) is 44.3 cm³/mol. The minimum absolute atomic E-state index is 0.237. The van der Waals surface area contributed by atoms with Crippen molar-refractivity contribution in [3.8, 4) is 0 Å². The van der Waals surface area contributed by atoms with Crippen LogP contribution >= 0.6 is 0 Å². The molecule has 2 N–H and O–H groups in total. The number of rotatable bonds is 2. The van der Waals surface area contributed by atoms with Crippen molar-refractivity contribution in [2.45, 2.75) is 13.3 Å². The van der Waals surface area contributed by atoms with E-state index < -0.39 is 0 Å². The van der Waals surface area contributed by atoms with Gasteiger partial charge >= 0.3 is 5.69 Å². The molecule has 0 unspecified atom stereocenters. The molecular formula is C7H11N3O2. The van der Waals surface area contributed by atoms with Crippen molar-refractivity contribution in [1.29, 1.82) is 0 Å². The molecule has 0 fully saturated rings. The van der Waals surface area contributed by atoms with E-state index in [1.165, 1.54) is 4.57 Å². The maximum absolute atomic E-state index is 11.0. The summed E-state index contributed by atoms with van der Waals surface area (Å²) in [6.45, 7) is 1.92. The first kappa shape index (κ1) is 8.73. The van der Waals surface area contributed by atoms with Crippen LogP contribution in [0.1, 0.15) is 12.5 Å². The lowest BCUT2D eigenvalue weighted by Crippen LogP contribution is -2.22. The van der Waals surface area contributed by atoms with Gasteiger partial charge < -0.3 is 4.57 Å². The number of hydrogen-bond donors (Lipinski definition) is 2. The van der Waals surface area contributed by atoms with Gasteiger partial charge in [0.25, 0.3) is 0 Å². The highest BCUT2D eigenvalue weighted by atomic mass is 16.5. The summed E-state index contributed by atoms with van der Waals surface area (Å²) in [5.74, 6) is 0.237. The second-order valence-corrected chi connectivity index (χ2v) is 2.47. The van der Waals surface area contributed by atoms with Crippen LogP contribution in [-0.4, -0.2) is 14.8 Å². The normalized spacial score (nSPS) is 9.92. The molecule has 0 spiro atoms. The Morgan fingerprint density at radius 2 is 2.42 bits per heavy atom. The fraction of sp³-hybridized carbons (Fsp3) is 0.429. The molecule has 5 heteroatoms. The predicted octanol–water partition coefficient (Wildman–Crippen LogP) is 0.144. The van der Waals surface area contributed by atoms with Crippen molar-refractivity contribution in [2.24, 2.45) is 7.05 Å². The molecule has 0 aromatic carbocycles. The van der Waals surface area contributed by atoms with Crippen LogP contribution < -0.4 is 11.2 Å². The molecule has 0 radical (unpaired) electrons. The van der Waals surface area contributed by atoms with Crippen LogP contribution in [0.5, 0.6) is 0 Å². The summed E-state index contributed by atoms with van der Waals surface area (Å²) in [6, 6.07) is 0. The molecule has 1 rings (SSSR count). The molecule has 0 saturated carbocycles. The van der Waals surface area contributed by atoms with E-state index in [0.717, 1.165) is 5.56 Å². The van der Waals surface area contributed by atoms with Crippen molar-refractivity contribution < 1.29 is 5.21 Å². The Morgan fingerprint density at radius 3 is 2.92 bits per heavy atom. The van der Waals surface area contributed by atoms with E-state index in [-0.39, 0.29) is 11.5 Å². The van der Waals surface area contributed by atoms with Crippen LogP contribution in [-0.2, 0) is 13.5 Å². The third-order valence-corrected chi connectivity index (χ3v) is 1.65. The third kappa shape index (κ3) is 1.45. The first-order valence-electron chi connectivity index (χ1n) is 3.65. The monoisotopic (exact) mass is 169 g/mol. The highest BCUT2D eigenvalue weighted by Gasteiger charge is 2.03.